The van der Waals surface area contributed by atoms with E-state index < -0.39 is 22.9 Å². The standard InChI is InChI=1S/C14H9ClF4/c15-13(9-4-2-1-3-5-9)10-6-7-11(12(16)8-10)14(17,18)19/h1-8,13H. The Bertz CT molecular complexity index is 563. The first-order valence-corrected chi connectivity index (χ1v) is 5.89. The van der Waals surface area contributed by atoms with Gasteiger partial charge in [0.1, 0.15) is 5.82 Å². The predicted molar refractivity (Wildman–Crippen MR) is 65.5 cm³/mol. The molecule has 0 heterocycles. The van der Waals surface area contributed by atoms with Gasteiger partial charge < -0.3 is 0 Å². The molecular weight excluding hydrogens is 280 g/mol. The molecule has 0 amide bonds. The summed E-state index contributed by atoms with van der Waals surface area (Å²) in [6.45, 7) is 0. The molecule has 1 atom stereocenters. The Hall–Kier alpha value is -1.55. The number of alkyl halides is 4. The van der Waals surface area contributed by atoms with Gasteiger partial charge in [-0.1, -0.05) is 36.4 Å². The van der Waals surface area contributed by atoms with E-state index in [9.17, 15) is 17.6 Å². The van der Waals surface area contributed by atoms with E-state index in [0.717, 1.165) is 6.07 Å². The van der Waals surface area contributed by atoms with Crippen molar-refractivity contribution in [2.24, 2.45) is 0 Å². The van der Waals surface area contributed by atoms with Gasteiger partial charge in [0, 0.05) is 0 Å². The smallest absolute Gasteiger partial charge is 0.206 e. The fraction of sp³-hybridized carbons (Fsp3) is 0.143. The molecule has 0 saturated heterocycles. The molecule has 0 aromatic heterocycles. The average Bonchev–Trinajstić information content (AvgIpc) is 2.37. The first-order chi connectivity index (χ1) is 8.89. The van der Waals surface area contributed by atoms with E-state index in [1.165, 1.54) is 6.07 Å². The molecule has 0 N–H and O–H groups in total. The molecule has 5 heteroatoms. The summed E-state index contributed by atoms with van der Waals surface area (Å²) >= 11 is 6.12. The zero-order valence-electron chi connectivity index (χ0n) is 9.59. The topological polar surface area (TPSA) is 0 Å². The van der Waals surface area contributed by atoms with Crippen molar-refractivity contribution in [3.63, 3.8) is 0 Å². The maximum Gasteiger partial charge on any atom is 0.419 e. The van der Waals surface area contributed by atoms with Crippen LogP contribution in [0.4, 0.5) is 17.6 Å². The van der Waals surface area contributed by atoms with Crippen LogP contribution in [0.1, 0.15) is 22.1 Å². The summed E-state index contributed by atoms with van der Waals surface area (Å²) in [5, 5.41) is -0.682. The SMILES string of the molecule is Fc1cc(C(Cl)c2ccccc2)ccc1C(F)(F)F. The second-order valence-corrected chi connectivity index (χ2v) is 4.45. The maximum atomic E-state index is 13.4. The predicted octanol–water partition coefficient (Wildman–Crippen LogP) is 5.17. The Morgan fingerprint density at radius 2 is 1.53 bits per heavy atom. The largest absolute Gasteiger partial charge is 0.419 e. The molecule has 100 valence electrons. The minimum atomic E-state index is -4.70. The third-order valence-corrected chi connectivity index (χ3v) is 3.19. The summed E-state index contributed by atoms with van der Waals surface area (Å²) in [4.78, 5) is 0. The monoisotopic (exact) mass is 288 g/mol. The molecule has 0 bridgehead atoms. The van der Waals surface area contributed by atoms with Crippen LogP contribution < -0.4 is 0 Å². The molecule has 0 saturated carbocycles. The Balaban J connectivity index is 2.35. The van der Waals surface area contributed by atoms with Crippen LogP contribution in [-0.4, -0.2) is 0 Å². The van der Waals surface area contributed by atoms with Crippen molar-refractivity contribution < 1.29 is 17.6 Å². The Labute approximate surface area is 112 Å². The Morgan fingerprint density at radius 1 is 0.895 bits per heavy atom. The number of halogens is 5. The van der Waals surface area contributed by atoms with Crippen molar-refractivity contribution in [1.82, 2.24) is 0 Å². The van der Waals surface area contributed by atoms with E-state index in [1.54, 1.807) is 30.3 Å². The van der Waals surface area contributed by atoms with Crippen LogP contribution in [0.25, 0.3) is 0 Å². The van der Waals surface area contributed by atoms with Crippen LogP contribution in [0.2, 0.25) is 0 Å². The van der Waals surface area contributed by atoms with E-state index in [-0.39, 0.29) is 0 Å². The van der Waals surface area contributed by atoms with Crippen LogP contribution >= 0.6 is 11.6 Å². The van der Waals surface area contributed by atoms with Gasteiger partial charge in [-0.3, -0.25) is 0 Å². The van der Waals surface area contributed by atoms with Crippen LogP contribution in [0, 0.1) is 5.82 Å². The first kappa shape index (κ1) is 13.9. The third-order valence-electron chi connectivity index (χ3n) is 2.68. The lowest BCUT2D eigenvalue weighted by molar-refractivity contribution is -0.140. The summed E-state index contributed by atoms with van der Waals surface area (Å²) in [7, 11) is 0. The molecule has 2 aromatic rings. The van der Waals surface area contributed by atoms with Crippen LogP contribution in [-0.2, 0) is 6.18 Å². The summed E-state index contributed by atoms with van der Waals surface area (Å²) in [5.41, 5.74) is -0.296. The molecular formula is C14H9ClF4. The van der Waals surface area contributed by atoms with E-state index in [4.69, 9.17) is 11.6 Å². The van der Waals surface area contributed by atoms with Crippen LogP contribution in [0.3, 0.4) is 0 Å². The minimum absolute atomic E-state index is 0.290. The number of benzene rings is 2. The highest BCUT2D eigenvalue weighted by molar-refractivity contribution is 6.22. The highest BCUT2D eigenvalue weighted by Gasteiger charge is 2.34. The summed E-state index contributed by atoms with van der Waals surface area (Å²) in [6.07, 6.45) is -4.70. The Morgan fingerprint density at radius 3 is 2.05 bits per heavy atom. The average molecular weight is 289 g/mol. The van der Waals surface area contributed by atoms with Gasteiger partial charge in [-0.25, -0.2) is 4.39 Å². The molecule has 0 fully saturated rings. The molecule has 1 unspecified atom stereocenters. The van der Waals surface area contributed by atoms with Crippen molar-refractivity contribution in [2.45, 2.75) is 11.6 Å². The van der Waals surface area contributed by atoms with Crippen molar-refractivity contribution >= 4 is 11.6 Å². The highest BCUT2D eigenvalue weighted by atomic mass is 35.5. The van der Waals surface area contributed by atoms with Gasteiger partial charge in [0.05, 0.1) is 10.9 Å². The molecule has 0 spiro atoms. The molecule has 19 heavy (non-hydrogen) atoms. The quantitative estimate of drug-likeness (QED) is 0.528. The number of hydrogen-bond donors (Lipinski definition) is 0. The lowest BCUT2D eigenvalue weighted by Gasteiger charge is -2.13. The summed E-state index contributed by atoms with van der Waals surface area (Å²) < 4.78 is 50.7. The van der Waals surface area contributed by atoms with Gasteiger partial charge >= 0.3 is 6.18 Å². The first-order valence-electron chi connectivity index (χ1n) is 5.45. The van der Waals surface area contributed by atoms with Gasteiger partial charge in [0.15, 0.2) is 0 Å². The van der Waals surface area contributed by atoms with E-state index in [1.807, 2.05) is 0 Å². The van der Waals surface area contributed by atoms with Crippen LogP contribution in [0.15, 0.2) is 48.5 Å². The van der Waals surface area contributed by atoms with Crippen molar-refractivity contribution in [1.29, 1.82) is 0 Å². The molecule has 2 rings (SSSR count). The zero-order valence-corrected chi connectivity index (χ0v) is 10.3. The molecule has 0 aliphatic rings. The van der Waals surface area contributed by atoms with Gasteiger partial charge in [0.2, 0.25) is 0 Å². The van der Waals surface area contributed by atoms with E-state index >= 15 is 0 Å². The van der Waals surface area contributed by atoms with Gasteiger partial charge in [-0.2, -0.15) is 13.2 Å². The molecule has 2 aromatic carbocycles. The summed E-state index contributed by atoms with van der Waals surface area (Å²) in [6, 6.07) is 11.5. The molecule has 0 nitrogen and oxygen atoms in total. The van der Waals surface area contributed by atoms with Crippen molar-refractivity contribution in [3.05, 3.63) is 71.0 Å². The summed E-state index contributed by atoms with van der Waals surface area (Å²) in [5.74, 6) is -1.31. The number of hydrogen-bond acceptors (Lipinski definition) is 0. The second-order valence-electron chi connectivity index (χ2n) is 4.01. The molecule has 0 aliphatic heterocycles. The lowest BCUT2D eigenvalue weighted by Crippen LogP contribution is -2.08. The fourth-order valence-electron chi connectivity index (χ4n) is 1.73. The molecule has 0 aliphatic carbocycles. The van der Waals surface area contributed by atoms with Crippen LogP contribution in [0.5, 0.6) is 0 Å². The van der Waals surface area contributed by atoms with Gasteiger partial charge in [-0.05, 0) is 23.3 Å². The molecule has 0 radical (unpaired) electrons. The number of rotatable bonds is 2. The third kappa shape index (κ3) is 3.07. The minimum Gasteiger partial charge on any atom is -0.206 e. The van der Waals surface area contributed by atoms with E-state index in [0.29, 0.717) is 17.2 Å². The van der Waals surface area contributed by atoms with Gasteiger partial charge in [0.25, 0.3) is 0 Å². The fourth-order valence-corrected chi connectivity index (χ4v) is 2.01. The highest BCUT2D eigenvalue weighted by Crippen LogP contribution is 2.35. The van der Waals surface area contributed by atoms with E-state index in [2.05, 4.69) is 0 Å². The Kier molecular flexibility index (Phi) is 3.80. The van der Waals surface area contributed by atoms with Gasteiger partial charge in [-0.15, -0.1) is 11.6 Å². The zero-order chi connectivity index (χ0) is 14.0. The lowest BCUT2D eigenvalue weighted by atomic mass is 10.0. The normalized spacial score (nSPS) is 13.3. The van der Waals surface area contributed by atoms with Crippen molar-refractivity contribution in [2.75, 3.05) is 0 Å². The second kappa shape index (κ2) is 5.21. The van der Waals surface area contributed by atoms with Crippen molar-refractivity contribution in [3.8, 4) is 0 Å². The maximum absolute atomic E-state index is 13.4.